The van der Waals surface area contributed by atoms with E-state index < -0.39 is 12.1 Å². The summed E-state index contributed by atoms with van der Waals surface area (Å²) in [6, 6.07) is 7.62. The smallest absolute Gasteiger partial charge is 0.354 e. The molecule has 0 amide bonds. The summed E-state index contributed by atoms with van der Waals surface area (Å²) >= 11 is 0. The Balaban J connectivity index is 1.82. The van der Waals surface area contributed by atoms with Crippen LogP contribution in [0.5, 0.6) is 0 Å². The van der Waals surface area contributed by atoms with Gasteiger partial charge in [0.2, 0.25) is 0 Å². The number of ether oxygens (including phenoxy) is 1. The van der Waals surface area contributed by atoms with E-state index in [4.69, 9.17) is 0 Å². The van der Waals surface area contributed by atoms with Crippen molar-refractivity contribution in [3.63, 3.8) is 0 Å². The number of hydrogen-bond acceptors (Lipinski definition) is 4. The number of H-pyrrole nitrogens is 1. The van der Waals surface area contributed by atoms with Gasteiger partial charge in [-0.25, -0.2) is 9.18 Å². The van der Waals surface area contributed by atoms with E-state index in [9.17, 15) is 14.3 Å². The van der Waals surface area contributed by atoms with Crippen LogP contribution in [0.25, 0.3) is 0 Å². The van der Waals surface area contributed by atoms with Crippen LogP contribution in [0.2, 0.25) is 0 Å². The highest BCUT2D eigenvalue weighted by atomic mass is 19.1. The van der Waals surface area contributed by atoms with Crippen molar-refractivity contribution in [2.45, 2.75) is 32.0 Å². The largest absolute Gasteiger partial charge is 0.464 e. The topological polar surface area (TPSA) is 74.3 Å². The first-order chi connectivity index (χ1) is 11.0. The molecule has 0 aliphatic rings. The van der Waals surface area contributed by atoms with Crippen molar-refractivity contribution in [1.82, 2.24) is 10.3 Å². The lowest BCUT2D eigenvalue weighted by Gasteiger charge is -2.18. The van der Waals surface area contributed by atoms with Crippen LogP contribution in [0.15, 0.2) is 36.5 Å². The highest BCUT2D eigenvalue weighted by Crippen LogP contribution is 2.18. The number of esters is 1. The fourth-order valence-electron chi connectivity index (χ4n) is 2.30. The first kappa shape index (κ1) is 17.2. The molecule has 0 spiro atoms. The van der Waals surface area contributed by atoms with Crippen LogP contribution in [0.3, 0.4) is 0 Å². The van der Waals surface area contributed by atoms with Crippen molar-refractivity contribution in [1.29, 1.82) is 0 Å². The molecule has 0 aliphatic heterocycles. The lowest BCUT2D eigenvalue weighted by Crippen LogP contribution is -2.27. The summed E-state index contributed by atoms with van der Waals surface area (Å²) in [6.45, 7) is 2.52. The standard InChI is InChI=1S/C17H21FN2O3/c1-11(7-16(21)13-3-5-14(18)6-4-13)19-9-12-8-15(20-10-12)17(22)23-2/h3-6,8,10-11,16,19-21H,7,9H2,1-2H3. The Morgan fingerprint density at radius 1 is 1.39 bits per heavy atom. The fourth-order valence-corrected chi connectivity index (χ4v) is 2.30. The van der Waals surface area contributed by atoms with E-state index >= 15 is 0 Å². The quantitative estimate of drug-likeness (QED) is 0.685. The summed E-state index contributed by atoms with van der Waals surface area (Å²) in [5.41, 5.74) is 2.02. The lowest BCUT2D eigenvalue weighted by molar-refractivity contribution is 0.0595. The number of benzene rings is 1. The minimum Gasteiger partial charge on any atom is -0.464 e. The summed E-state index contributed by atoms with van der Waals surface area (Å²) in [4.78, 5) is 14.2. The number of rotatable bonds is 7. The second kappa shape index (κ2) is 7.89. The number of carbonyl (C=O) groups is 1. The van der Waals surface area contributed by atoms with Crippen LogP contribution in [0.1, 0.15) is 41.1 Å². The molecular formula is C17H21FN2O3. The zero-order chi connectivity index (χ0) is 16.8. The zero-order valence-corrected chi connectivity index (χ0v) is 13.2. The first-order valence-corrected chi connectivity index (χ1v) is 7.42. The molecule has 2 rings (SSSR count). The molecule has 0 radical (unpaired) electrons. The second-order valence-electron chi connectivity index (χ2n) is 5.50. The molecule has 1 aromatic carbocycles. The lowest BCUT2D eigenvalue weighted by atomic mass is 10.0. The van der Waals surface area contributed by atoms with Crippen LogP contribution in [0, 0.1) is 5.82 Å². The number of aromatic amines is 1. The van der Waals surface area contributed by atoms with Crippen molar-refractivity contribution in [3.05, 3.63) is 59.2 Å². The second-order valence-corrected chi connectivity index (χ2v) is 5.50. The molecule has 1 heterocycles. The van der Waals surface area contributed by atoms with Crippen molar-refractivity contribution in [3.8, 4) is 0 Å². The van der Waals surface area contributed by atoms with Gasteiger partial charge in [0.1, 0.15) is 11.5 Å². The van der Waals surface area contributed by atoms with Crippen LogP contribution < -0.4 is 5.32 Å². The van der Waals surface area contributed by atoms with Gasteiger partial charge < -0.3 is 20.1 Å². The van der Waals surface area contributed by atoms with E-state index in [1.54, 1.807) is 24.4 Å². The minimum absolute atomic E-state index is 0.0477. The molecule has 6 heteroatoms. The molecule has 3 N–H and O–H groups in total. The van der Waals surface area contributed by atoms with Gasteiger partial charge in [0.05, 0.1) is 13.2 Å². The highest BCUT2D eigenvalue weighted by Gasteiger charge is 2.13. The van der Waals surface area contributed by atoms with Gasteiger partial charge >= 0.3 is 5.97 Å². The summed E-state index contributed by atoms with van der Waals surface area (Å²) < 4.78 is 17.5. The van der Waals surface area contributed by atoms with Gasteiger partial charge in [-0.05, 0) is 42.7 Å². The van der Waals surface area contributed by atoms with E-state index in [0.29, 0.717) is 24.2 Å². The average Bonchev–Trinajstić information content (AvgIpc) is 3.01. The van der Waals surface area contributed by atoms with Gasteiger partial charge in [-0.3, -0.25) is 0 Å². The van der Waals surface area contributed by atoms with E-state index in [-0.39, 0.29) is 11.9 Å². The van der Waals surface area contributed by atoms with Crippen molar-refractivity contribution >= 4 is 5.97 Å². The van der Waals surface area contributed by atoms with Gasteiger partial charge in [-0.2, -0.15) is 0 Å². The summed E-state index contributed by atoms with van der Waals surface area (Å²) in [5, 5.41) is 13.4. The predicted molar refractivity (Wildman–Crippen MR) is 84.4 cm³/mol. The number of nitrogens with one attached hydrogen (secondary N) is 2. The maximum Gasteiger partial charge on any atom is 0.354 e. The number of hydrogen-bond donors (Lipinski definition) is 3. The maximum atomic E-state index is 12.9. The molecule has 0 aliphatic carbocycles. The normalized spacial score (nSPS) is 13.6. The third kappa shape index (κ3) is 4.91. The molecule has 0 fully saturated rings. The molecule has 2 aromatic rings. The Bertz CT molecular complexity index is 640. The van der Waals surface area contributed by atoms with Crippen molar-refractivity contribution < 1.29 is 19.0 Å². The molecular weight excluding hydrogens is 299 g/mol. The Kier molecular flexibility index (Phi) is 5.90. The van der Waals surface area contributed by atoms with E-state index in [2.05, 4.69) is 15.0 Å². The molecule has 2 unspecified atom stereocenters. The Morgan fingerprint density at radius 3 is 2.74 bits per heavy atom. The predicted octanol–water partition coefficient (Wildman–Crippen LogP) is 2.54. The zero-order valence-electron chi connectivity index (χ0n) is 13.2. The van der Waals surface area contributed by atoms with Crippen molar-refractivity contribution in [2.75, 3.05) is 7.11 Å². The average molecular weight is 320 g/mol. The number of aliphatic hydroxyl groups excluding tert-OH is 1. The van der Waals surface area contributed by atoms with Crippen LogP contribution in [-0.2, 0) is 11.3 Å². The maximum absolute atomic E-state index is 12.9. The molecule has 124 valence electrons. The van der Waals surface area contributed by atoms with Crippen LogP contribution in [0.4, 0.5) is 4.39 Å². The van der Waals surface area contributed by atoms with E-state index in [0.717, 1.165) is 5.56 Å². The van der Waals surface area contributed by atoms with Crippen LogP contribution in [-0.4, -0.2) is 29.2 Å². The van der Waals surface area contributed by atoms with Gasteiger partial charge in [0.25, 0.3) is 0 Å². The van der Waals surface area contributed by atoms with Crippen molar-refractivity contribution in [2.24, 2.45) is 0 Å². The minimum atomic E-state index is -0.657. The number of aliphatic hydroxyl groups is 1. The summed E-state index contributed by atoms with van der Waals surface area (Å²) in [7, 11) is 1.33. The third-order valence-electron chi connectivity index (χ3n) is 3.63. The summed E-state index contributed by atoms with van der Waals surface area (Å²) in [6.07, 6.45) is 1.58. The fraction of sp³-hybridized carbons (Fsp3) is 0.353. The first-order valence-electron chi connectivity index (χ1n) is 7.42. The Hall–Kier alpha value is -2.18. The van der Waals surface area contributed by atoms with Crippen LogP contribution >= 0.6 is 0 Å². The summed E-state index contributed by atoms with van der Waals surface area (Å²) in [5.74, 6) is -0.725. The van der Waals surface area contributed by atoms with Gasteiger partial charge in [-0.15, -0.1) is 0 Å². The SMILES string of the molecule is COC(=O)c1cc(CNC(C)CC(O)c2ccc(F)cc2)c[nH]1. The van der Waals surface area contributed by atoms with E-state index in [1.807, 2.05) is 6.92 Å². The van der Waals surface area contributed by atoms with Gasteiger partial charge in [0.15, 0.2) is 0 Å². The number of aromatic nitrogens is 1. The molecule has 2 atom stereocenters. The highest BCUT2D eigenvalue weighted by molar-refractivity contribution is 5.87. The molecule has 0 saturated carbocycles. The third-order valence-corrected chi connectivity index (χ3v) is 3.63. The number of halogens is 1. The van der Waals surface area contributed by atoms with Gasteiger partial charge in [-0.1, -0.05) is 12.1 Å². The van der Waals surface area contributed by atoms with Gasteiger partial charge in [0, 0.05) is 18.8 Å². The number of carbonyl (C=O) groups excluding carboxylic acids is 1. The molecule has 23 heavy (non-hydrogen) atoms. The molecule has 0 bridgehead atoms. The molecule has 0 saturated heterocycles. The molecule has 1 aromatic heterocycles. The van der Waals surface area contributed by atoms with E-state index in [1.165, 1.54) is 19.2 Å². The molecule has 5 nitrogen and oxygen atoms in total. The monoisotopic (exact) mass is 320 g/mol. The Morgan fingerprint density at radius 2 is 2.09 bits per heavy atom. The number of methoxy groups -OCH3 is 1. The Labute approximate surface area is 134 Å².